The summed E-state index contributed by atoms with van der Waals surface area (Å²) in [6, 6.07) is -0.483. The number of rotatable bonds is 4. The molecule has 1 aliphatic heterocycles. The van der Waals surface area contributed by atoms with Crippen molar-refractivity contribution in [2.45, 2.75) is 52.0 Å². The minimum atomic E-state index is -0.483. The van der Waals surface area contributed by atoms with E-state index in [9.17, 15) is 9.59 Å². The highest BCUT2D eigenvalue weighted by Crippen LogP contribution is 2.24. The third-order valence-electron chi connectivity index (χ3n) is 4.04. The van der Waals surface area contributed by atoms with Crippen molar-refractivity contribution in [2.24, 2.45) is 16.8 Å². The third kappa shape index (κ3) is 4.73. The Morgan fingerprint density at radius 3 is 2.52 bits per heavy atom. The van der Waals surface area contributed by atoms with Gasteiger partial charge in [-0.1, -0.05) is 44.9 Å². The summed E-state index contributed by atoms with van der Waals surface area (Å²) >= 11 is 1.55. The van der Waals surface area contributed by atoms with Gasteiger partial charge in [-0.05, 0) is 18.8 Å². The number of aliphatic imine (C=N–C) groups is 1. The van der Waals surface area contributed by atoms with Crippen LogP contribution in [0, 0.1) is 11.8 Å². The molecule has 118 valence electrons. The van der Waals surface area contributed by atoms with E-state index in [1.54, 1.807) is 11.8 Å². The van der Waals surface area contributed by atoms with Crippen LogP contribution in [0.1, 0.15) is 46.0 Å². The predicted molar refractivity (Wildman–Crippen MR) is 86.2 cm³/mol. The lowest BCUT2D eigenvalue weighted by Gasteiger charge is -2.26. The van der Waals surface area contributed by atoms with Crippen LogP contribution < -0.4 is 10.6 Å². The molecule has 0 aromatic carbocycles. The van der Waals surface area contributed by atoms with Gasteiger partial charge in [0.05, 0.1) is 6.54 Å². The molecule has 0 aromatic heterocycles. The first kappa shape index (κ1) is 16.3. The zero-order valence-electron chi connectivity index (χ0n) is 12.9. The molecule has 1 atom stereocenters. The topological polar surface area (TPSA) is 70.6 Å². The van der Waals surface area contributed by atoms with Crippen LogP contribution in [0.4, 0.5) is 0 Å². The molecular formula is C15H25N3O2S. The van der Waals surface area contributed by atoms with Gasteiger partial charge in [0, 0.05) is 11.7 Å². The predicted octanol–water partition coefficient (Wildman–Crippen LogP) is 1.93. The quantitative estimate of drug-likeness (QED) is 0.833. The summed E-state index contributed by atoms with van der Waals surface area (Å²) < 4.78 is 0. The van der Waals surface area contributed by atoms with Gasteiger partial charge in [-0.2, -0.15) is 0 Å². The molecule has 5 nitrogen and oxygen atoms in total. The second kappa shape index (κ2) is 7.82. The summed E-state index contributed by atoms with van der Waals surface area (Å²) in [4.78, 5) is 28.9. The molecule has 0 unspecified atom stereocenters. The smallest absolute Gasteiger partial charge is 0.248 e. The SMILES string of the molecule is CC(C)[C@@H](NC(=O)C1CCCCC1)C(=O)NC1=NCCS1. The molecule has 1 saturated carbocycles. The van der Waals surface area contributed by atoms with E-state index in [4.69, 9.17) is 0 Å². The normalized spacial score (nSPS) is 21.0. The molecule has 1 heterocycles. The molecule has 0 radical (unpaired) electrons. The summed E-state index contributed by atoms with van der Waals surface area (Å²) in [5, 5.41) is 6.45. The van der Waals surface area contributed by atoms with Crippen molar-refractivity contribution in [3.63, 3.8) is 0 Å². The van der Waals surface area contributed by atoms with Gasteiger partial charge in [-0.3, -0.25) is 14.6 Å². The fourth-order valence-corrected chi connectivity index (χ4v) is 3.50. The van der Waals surface area contributed by atoms with Gasteiger partial charge in [0.1, 0.15) is 6.04 Å². The molecule has 2 amide bonds. The maximum atomic E-state index is 12.3. The lowest BCUT2D eigenvalue weighted by atomic mass is 9.88. The first-order chi connectivity index (χ1) is 10.1. The van der Waals surface area contributed by atoms with E-state index in [0.29, 0.717) is 5.17 Å². The van der Waals surface area contributed by atoms with Gasteiger partial charge in [-0.25, -0.2) is 0 Å². The Morgan fingerprint density at radius 2 is 1.95 bits per heavy atom. The van der Waals surface area contributed by atoms with E-state index in [1.807, 2.05) is 13.8 Å². The standard InChI is InChI=1S/C15H25N3O2S/c1-10(2)12(14(20)18-15-16-8-9-21-15)17-13(19)11-6-4-3-5-7-11/h10-12H,3-9H2,1-2H3,(H,17,19)(H,16,18,20)/t12-/m1/s1. The highest BCUT2D eigenvalue weighted by atomic mass is 32.2. The lowest BCUT2D eigenvalue weighted by molar-refractivity contribution is -0.132. The van der Waals surface area contributed by atoms with Gasteiger partial charge >= 0.3 is 0 Å². The fourth-order valence-electron chi connectivity index (χ4n) is 2.76. The monoisotopic (exact) mass is 311 g/mol. The average Bonchev–Trinajstić information content (AvgIpc) is 2.97. The molecule has 1 aliphatic carbocycles. The molecule has 2 aliphatic rings. The second-order valence-electron chi connectivity index (χ2n) is 6.09. The van der Waals surface area contributed by atoms with Crippen molar-refractivity contribution in [1.82, 2.24) is 10.6 Å². The summed E-state index contributed by atoms with van der Waals surface area (Å²) in [5.41, 5.74) is 0. The summed E-state index contributed by atoms with van der Waals surface area (Å²) in [6.07, 6.45) is 5.34. The fraction of sp³-hybridized carbons (Fsp3) is 0.800. The number of amides is 2. The van der Waals surface area contributed by atoms with Crippen molar-refractivity contribution in [2.75, 3.05) is 12.3 Å². The van der Waals surface area contributed by atoms with E-state index in [0.717, 1.165) is 38.0 Å². The van der Waals surface area contributed by atoms with Crippen LogP contribution in [0.25, 0.3) is 0 Å². The van der Waals surface area contributed by atoms with Crippen LogP contribution in [0.3, 0.4) is 0 Å². The summed E-state index contributed by atoms with van der Waals surface area (Å²) in [7, 11) is 0. The average molecular weight is 311 g/mol. The number of nitrogens with one attached hydrogen (secondary N) is 2. The van der Waals surface area contributed by atoms with E-state index < -0.39 is 6.04 Å². The van der Waals surface area contributed by atoms with Crippen LogP contribution in [0.15, 0.2) is 4.99 Å². The van der Waals surface area contributed by atoms with Gasteiger partial charge in [0.15, 0.2) is 5.17 Å². The molecule has 1 fully saturated rings. The molecule has 0 saturated heterocycles. The number of thioether (sulfide) groups is 1. The minimum absolute atomic E-state index is 0.0320. The summed E-state index contributed by atoms with van der Waals surface area (Å²) in [5.74, 6) is 0.929. The maximum Gasteiger partial charge on any atom is 0.248 e. The largest absolute Gasteiger partial charge is 0.344 e. The number of nitrogens with zero attached hydrogens (tertiary/aromatic N) is 1. The number of carbonyl (C=O) groups excluding carboxylic acids is 2. The Labute approximate surface area is 130 Å². The molecule has 0 aromatic rings. The first-order valence-corrected chi connectivity index (χ1v) is 8.85. The molecule has 2 N–H and O–H groups in total. The van der Waals surface area contributed by atoms with Crippen LogP contribution in [0.2, 0.25) is 0 Å². The van der Waals surface area contributed by atoms with Gasteiger partial charge in [0.25, 0.3) is 0 Å². The van der Waals surface area contributed by atoms with E-state index in [2.05, 4.69) is 15.6 Å². The van der Waals surface area contributed by atoms with Gasteiger partial charge in [0.2, 0.25) is 11.8 Å². The van der Waals surface area contributed by atoms with E-state index in [1.165, 1.54) is 6.42 Å². The Hall–Kier alpha value is -1.04. The second-order valence-corrected chi connectivity index (χ2v) is 7.17. The molecular weight excluding hydrogens is 286 g/mol. The van der Waals surface area contributed by atoms with Crippen molar-refractivity contribution >= 4 is 28.7 Å². The number of hydrogen-bond donors (Lipinski definition) is 2. The Balaban J connectivity index is 1.91. The molecule has 21 heavy (non-hydrogen) atoms. The zero-order valence-corrected chi connectivity index (χ0v) is 13.7. The minimum Gasteiger partial charge on any atom is -0.344 e. The van der Waals surface area contributed by atoms with Crippen LogP contribution >= 0.6 is 11.8 Å². The van der Waals surface area contributed by atoms with Gasteiger partial charge in [-0.15, -0.1) is 0 Å². The lowest BCUT2D eigenvalue weighted by Crippen LogP contribution is -2.52. The van der Waals surface area contributed by atoms with Crippen molar-refractivity contribution in [3.8, 4) is 0 Å². The Kier molecular flexibility index (Phi) is 6.08. The zero-order chi connectivity index (χ0) is 15.2. The number of hydrogen-bond acceptors (Lipinski definition) is 4. The van der Waals surface area contributed by atoms with Gasteiger partial charge < -0.3 is 10.6 Å². The first-order valence-electron chi connectivity index (χ1n) is 7.86. The van der Waals surface area contributed by atoms with Crippen LogP contribution in [-0.2, 0) is 9.59 Å². The molecule has 2 rings (SSSR count). The van der Waals surface area contributed by atoms with Crippen LogP contribution in [0.5, 0.6) is 0 Å². The summed E-state index contributed by atoms with van der Waals surface area (Å²) in [6.45, 7) is 4.66. The number of amidine groups is 1. The van der Waals surface area contributed by atoms with E-state index >= 15 is 0 Å². The molecule has 0 bridgehead atoms. The maximum absolute atomic E-state index is 12.3. The highest BCUT2D eigenvalue weighted by molar-refractivity contribution is 8.14. The van der Waals surface area contributed by atoms with Crippen molar-refractivity contribution in [3.05, 3.63) is 0 Å². The van der Waals surface area contributed by atoms with Crippen LogP contribution in [-0.4, -0.2) is 35.3 Å². The molecule has 0 spiro atoms. The third-order valence-corrected chi connectivity index (χ3v) is 4.93. The van der Waals surface area contributed by atoms with E-state index in [-0.39, 0.29) is 23.7 Å². The Bertz CT molecular complexity index is 417. The Morgan fingerprint density at radius 1 is 1.24 bits per heavy atom. The molecule has 6 heteroatoms. The van der Waals surface area contributed by atoms with Crippen molar-refractivity contribution in [1.29, 1.82) is 0 Å². The number of carbonyl (C=O) groups is 2. The van der Waals surface area contributed by atoms with Crippen molar-refractivity contribution < 1.29 is 9.59 Å². The highest BCUT2D eigenvalue weighted by Gasteiger charge is 2.29.